The highest BCUT2D eigenvalue weighted by Gasteiger charge is 2.39. The molecule has 0 bridgehead atoms. The summed E-state index contributed by atoms with van der Waals surface area (Å²) >= 11 is 0. The number of nitrogens with one attached hydrogen (secondary N) is 2. The minimum absolute atomic E-state index is 0.190. The number of nitrogens with zero attached hydrogens (tertiary/aromatic N) is 3. The summed E-state index contributed by atoms with van der Waals surface area (Å²) in [5.74, 6) is 0.655. The van der Waals surface area contributed by atoms with E-state index in [1.165, 1.54) is 11.6 Å². The summed E-state index contributed by atoms with van der Waals surface area (Å²) in [5.41, 5.74) is 1.33. The van der Waals surface area contributed by atoms with Crippen molar-refractivity contribution in [1.82, 2.24) is 14.7 Å². The minimum atomic E-state index is -4.18. The minimum Gasteiger partial charge on any atom is -0.370 e. The lowest BCUT2D eigenvalue weighted by Gasteiger charge is -2.33. The van der Waals surface area contributed by atoms with Crippen LogP contribution in [0, 0.1) is 5.92 Å². The summed E-state index contributed by atoms with van der Waals surface area (Å²) < 4.78 is 28.3. The monoisotopic (exact) mass is 521 g/mol. The number of carbonyl (C=O) groups excluding carboxylic acids is 1. The molecule has 1 atom stereocenters. The summed E-state index contributed by atoms with van der Waals surface area (Å²) in [6, 6.07) is 18.2. The first kappa shape index (κ1) is 26.6. The van der Waals surface area contributed by atoms with Gasteiger partial charge in [-0.2, -0.15) is 8.42 Å². The van der Waals surface area contributed by atoms with E-state index in [-0.39, 0.29) is 16.1 Å². The highest BCUT2D eigenvalue weighted by molar-refractivity contribution is 7.90. The zero-order valence-electron chi connectivity index (χ0n) is 21.6. The fourth-order valence-electron chi connectivity index (χ4n) is 4.96. The molecule has 1 aliphatic heterocycles. The lowest BCUT2D eigenvalue weighted by Crippen LogP contribution is -2.41. The zero-order chi connectivity index (χ0) is 26.5. The molecular formula is C28H35N5O3S. The standard InChI is InChI=1S/C28H35N5O3S/c1-21-19-28(2,3)33(20-21)26-23(14-10-18-30-26)27(34)32-37(35,36)25-16-9-15-24(31-25)29-17-8-7-13-22-11-5-4-6-12-22/h4-6,9-12,14-16,18,21H,7-8,13,17,19-20H2,1-3H3,(H,29,31)(H,32,34). The Morgan fingerprint density at radius 1 is 1.05 bits per heavy atom. The van der Waals surface area contributed by atoms with Crippen LogP contribution in [0.2, 0.25) is 0 Å². The van der Waals surface area contributed by atoms with Gasteiger partial charge in [-0.1, -0.05) is 43.3 Å². The fraction of sp³-hybridized carbons (Fsp3) is 0.393. The van der Waals surface area contributed by atoms with E-state index >= 15 is 0 Å². The van der Waals surface area contributed by atoms with Crippen LogP contribution in [0.15, 0.2) is 71.9 Å². The van der Waals surface area contributed by atoms with Gasteiger partial charge in [-0.15, -0.1) is 0 Å². The van der Waals surface area contributed by atoms with Gasteiger partial charge in [-0.3, -0.25) is 4.79 Å². The average molecular weight is 522 g/mol. The topological polar surface area (TPSA) is 104 Å². The first-order chi connectivity index (χ1) is 17.7. The van der Waals surface area contributed by atoms with E-state index in [1.54, 1.807) is 30.5 Å². The number of sulfonamides is 1. The van der Waals surface area contributed by atoms with Crippen molar-refractivity contribution in [3.8, 4) is 0 Å². The first-order valence-electron chi connectivity index (χ1n) is 12.7. The van der Waals surface area contributed by atoms with Gasteiger partial charge in [-0.25, -0.2) is 14.7 Å². The van der Waals surface area contributed by atoms with E-state index in [4.69, 9.17) is 0 Å². The van der Waals surface area contributed by atoms with E-state index in [9.17, 15) is 13.2 Å². The third-order valence-electron chi connectivity index (χ3n) is 6.63. The lowest BCUT2D eigenvalue weighted by atomic mass is 9.97. The third-order valence-corrected chi connectivity index (χ3v) is 7.86. The highest BCUT2D eigenvalue weighted by atomic mass is 32.2. The van der Waals surface area contributed by atoms with Gasteiger partial charge >= 0.3 is 0 Å². The van der Waals surface area contributed by atoms with Gasteiger partial charge in [-0.05, 0) is 75.3 Å². The first-order valence-corrected chi connectivity index (χ1v) is 14.2. The second-order valence-electron chi connectivity index (χ2n) is 10.3. The maximum atomic E-state index is 13.1. The number of aromatic nitrogens is 2. The van der Waals surface area contributed by atoms with Crippen LogP contribution < -0.4 is 14.9 Å². The van der Waals surface area contributed by atoms with Crippen LogP contribution in [0.4, 0.5) is 11.6 Å². The molecule has 3 aromatic rings. The summed E-state index contributed by atoms with van der Waals surface area (Å²) in [6.45, 7) is 7.78. The second-order valence-corrected chi connectivity index (χ2v) is 11.9. The Labute approximate surface area is 219 Å². The third kappa shape index (κ3) is 6.65. The molecule has 37 heavy (non-hydrogen) atoms. The SMILES string of the molecule is CC1CN(c2ncccc2C(=O)NS(=O)(=O)c2cccc(NCCCCc3ccccc3)n2)C(C)(C)C1. The molecule has 1 aromatic carbocycles. The number of pyridine rings is 2. The van der Waals surface area contributed by atoms with Gasteiger partial charge in [0, 0.05) is 24.8 Å². The number of carbonyl (C=O) groups is 1. The quantitative estimate of drug-likeness (QED) is 0.374. The van der Waals surface area contributed by atoms with Crippen molar-refractivity contribution in [1.29, 1.82) is 0 Å². The number of hydrogen-bond donors (Lipinski definition) is 2. The molecule has 0 saturated carbocycles. The van der Waals surface area contributed by atoms with Crippen LogP contribution in [0.3, 0.4) is 0 Å². The molecular weight excluding hydrogens is 486 g/mol. The second kappa shape index (κ2) is 11.3. The molecule has 3 heterocycles. The van der Waals surface area contributed by atoms with Crippen molar-refractivity contribution in [3.63, 3.8) is 0 Å². The van der Waals surface area contributed by atoms with E-state index in [2.05, 4.69) is 57.8 Å². The molecule has 1 unspecified atom stereocenters. The van der Waals surface area contributed by atoms with E-state index < -0.39 is 15.9 Å². The van der Waals surface area contributed by atoms with Gasteiger partial charge < -0.3 is 10.2 Å². The van der Waals surface area contributed by atoms with Crippen molar-refractivity contribution < 1.29 is 13.2 Å². The zero-order valence-corrected chi connectivity index (χ0v) is 22.5. The number of unbranched alkanes of at least 4 members (excludes halogenated alkanes) is 1. The van der Waals surface area contributed by atoms with Gasteiger partial charge in [0.15, 0.2) is 5.03 Å². The Kier molecular flexibility index (Phi) is 8.12. The molecule has 1 aliphatic rings. The van der Waals surface area contributed by atoms with Crippen LogP contribution in [0.1, 0.15) is 56.0 Å². The van der Waals surface area contributed by atoms with Gasteiger partial charge in [0.25, 0.3) is 15.9 Å². The molecule has 2 aromatic heterocycles. The molecule has 1 fully saturated rings. The number of amides is 1. The smallest absolute Gasteiger partial charge is 0.281 e. The van der Waals surface area contributed by atoms with Crippen molar-refractivity contribution in [2.45, 2.75) is 57.0 Å². The fourth-order valence-corrected chi connectivity index (χ4v) is 5.89. The molecule has 0 spiro atoms. The Hall–Kier alpha value is -3.46. The molecule has 9 heteroatoms. The van der Waals surface area contributed by atoms with Gasteiger partial charge in [0.1, 0.15) is 11.6 Å². The van der Waals surface area contributed by atoms with Gasteiger partial charge in [0.05, 0.1) is 5.56 Å². The maximum absolute atomic E-state index is 13.1. The molecule has 1 saturated heterocycles. The van der Waals surface area contributed by atoms with Crippen molar-refractivity contribution >= 4 is 27.6 Å². The predicted octanol–water partition coefficient (Wildman–Crippen LogP) is 4.65. The molecule has 0 radical (unpaired) electrons. The Morgan fingerprint density at radius 3 is 2.57 bits per heavy atom. The lowest BCUT2D eigenvalue weighted by molar-refractivity contribution is 0.0981. The molecule has 8 nitrogen and oxygen atoms in total. The highest BCUT2D eigenvalue weighted by Crippen LogP contribution is 2.37. The number of rotatable bonds is 10. The number of benzene rings is 1. The van der Waals surface area contributed by atoms with Crippen LogP contribution in [-0.2, 0) is 16.4 Å². The average Bonchev–Trinajstić information content (AvgIpc) is 3.16. The normalized spacial score (nSPS) is 16.9. The van der Waals surface area contributed by atoms with E-state index in [0.29, 0.717) is 24.1 Å². The van der Waals surface area contributed by atoms with Crippen molar-refractivity contribution in [2.24, 2.45) is 5.92 Å². The van der Waals surface area contributed by atoms with Crippen LogP contribution in [0.5, 0.6) is 0 Å². The van der Waals surface area contributed by atoms with E-state index in [1.807, 2.05) is 18.2 Å². The largest absolute Gasteiger partial charge is 0.370 e. The maximum Gasteiger partial charge on any atom is 0.281 e. The number of aryl methyl sites for hydroxylation is 1. The number of anilines is 2. The molecule has 2 N–H and O–H groups in total. The summed E-state index contributed by atoms with van der Waals surface area (Å²) in [6.07, 6.45) is 5.49. The Balaban J connectivity index is 1.40. The molecule has 4 rings (SSSR count). The summed E-state index contributed by atoms with van der Waals surface area (Å²) in [7, 11) is -4.18. The summed E-state index contributed by atoms with van der Waals surface area (Å²) in [4.78, 5) is 23.9. The molecule has 1 amide bonds. The Morgan fingerprint density at radius 2 is 1.84 bits per heavy atom. The molecule has 0 aliphatic carbocycles. The predicted molar refractivity (Wildman–Crippen MR) is 146 cm³/mol. The van der Waals surface area contributed by atoms with Crippen LogP contribution >= 0.6 is 0 Å². The van der Waals surface area contributed by atoms with E-state index in [0.717, 1.165) is 32.2 Å². The van der Waals surface area contributed by atoms with Gasteiger partial charge in [0.2, 0.25) is 0 Å². The van der Waals surface area contributed by atoms with Crippen molar-refractivity contribution in [3.05, 3.63) is 78.0 Å². The molecule has 196 valence electrons. The Bertz CT molecular complexity index is 1330. The van der Waals surface area contributed by atoms with Crippen molar-refractivity contribution in [2.75, 3.05) is 23.3 Å². The summed E-state index contributed by atoms with van der Waals surface area (Å²) in [5, 5.41) is 2.97. The number of hydrogen-bond acceptors (Lipinski definition) is 7. The van der Waals surface area contributed by atoms with Crippen LogP contribution in [-0.4, -0.2) is 42.9 Å². The van der Waals surface area contributed by atoms with Crippen LogP contribution in [0.25, 0.3) is 0 Å².